The van der Waals surface area contributed by atoms with Crippen LogP contribution in [0.4, 0.5) is 5.82 Å². The average Bonchev–Trinajstić information content (AvgIpc) is 2.39. The number of aryl methyl sites for hydroxylation is 1. The van der Waals surface area contributed by atoms with Crippen LogP contribution in [0.25, 0.3) is 0 Å². The summed E-state index contributed by atoms with van der Waals surface area (Å²) in [7, 11) is 0. The summed E-state index contributed by atoms with van der Waals surface area (Å²) in [6, 6.07) is 10.2. The van der Waals surface area contributed by atoms with E-state index in [9.17, 15) is 0 Å². The molecule has 18 heavy (non-hydrogen) atoms. The van der Waals surface area contributed by atoms with E-state index in [1.54, 1.807) is 6.33 Å². The Balaban J connectivity index is 2.02. The van der Waals surface area contributed by atoms with Crippen molar-refractivity contribution < 1.29 is 0 Å². The molecule has 0 saturated carbocycles. The molecule has 1 aromatic carbocycles. The van der Waals surface area contributed by atoms with Crippen LogP contribution in [0, 0.1) is 0 Å². The second kappa shape index (κ2) is 6.50. The van der Waals surface area contributed by atoms with Gasteiger partial charge in [0.05, 0.1) is 0 Å². The summed E-state index contributed by atoms with van der Waals surface area (Å²) >= 11 is 3.54. The van der Waals surface area contributed by atoms with Crippen molar-refractivity contribution in [3.8, 4) is 0 Å². The molecule has 4 heteroatoms. The molecule has 3 nitrogen and oxygen atoms in total. The molecular weight excluding hydrogens is 290 g/mol. The predicted molar refractivity (Wildman–Crippen MR) is 77.5 cm³/mol. The lowest BCUT2D eigenvalue weighted by Gasteiger charge is -2.08. The molecule has 0 fully saturated rings. The number of nitrogens with zero attached hydrogens (tertiary/aromatic N) is 2. The monoisotopic (exact) mass is 305 g/mol. The number of anilines is 1. The molecule has 1 aromatic heterocycles. The van der Waals surface area contributed by atoms with Crippen LogP contribution in [0.5, 0.6) is 0 Å². The third-order valence-electron chi connectivity index (χ3n) is 2.65. The molecule has 0 saturated heterocycles. The zero-order valence-electron chi connectivity index (χ0n) is 10.4. The topological polar surface area (TPSA) is 37.8 Å². The second-order valence-corrected chi connectivity index (χ2v) is 4.94. The fourth-order valence-electron chi connectivity index (χ4n) is 1.71. The lowest BCUT2D eigenvalue weighted by atomic mass is 10.2. The molecule has 94 valence electrons. The van der Waals surface area contributed by atoms with Gasteiger partial charge in [-0.2, -0.15) is 0 Å². The maximum atomic E-state index is 4.24. The minimum Gasteiger partial charge on any atom is -0.366 e. The first-order valence-corrected chi connectivity index (χ1v) is 6.87. The smallest absolute Gasteiger partial charge is 0.129 e. The number of benzene rings is 1. The van der Waals surface area contributed by atoms with Crippen molar-refractivity contribution in [3.63, 3.8) is 0 Å². The van der Waals surface area contributed by atoms with Crippen molar-refractivity contribution in [1.82, 2.24) is 9.97 Å². The molecule has 0 aliphatic heterocycles. The van der Waals surface area contributed by atoms with Gasteiger partial charge in [-0.25, -0.2) is 9.97 Å². The summed E-state index contributed by atoms with van der Waals surface area (Å²) in [5.74, 6) is 0.879. The summed E-state index contributed by atoms with van der Waals surface area (Å²) in [6.45, 7) is 2.90. The molecule has 2 rings (SSSR count). The van der Waals surface area contributed by atoms with Crippen LogP contribution in [0.1, 0.15) is 24.6 Å². The minimum absolute atomic E-state index is 0.754. The molecule has 0 bridgehead atoms. The van der Waals surface area contributed by atoms with Crippen molar-refractivity contribution in [2.45, 2.75) is 26.3 Å². The molecule has 0 spiro atoms. The highest BCUT2D eigenvalue weighted by molar-refractivity contribution is 9.10. The van der Waals surface area contributed by atoms with Crippen molar-refractivity contribution in [3.05, 3.63) is 52.4 Å². The Hall–Kier alpha value is -1.42. The fourth-order valence-corrected chi connectivity index (χ4v) is 2.14. The lowest BCUT2D eigenvalue weighted by Crippen LogP contribution is -2.03. The van der Waals surface area contributed by atoms with Crippen molar-refractivity contribution in [2.75, 3.05) is 5.32 Å². The zero-order valence-corrected chi connectivity index (χ0v) is 11.9. The molecule has 1 N–H and O–H groups in total. The molecule has 0 unspecified atom stereocenters. The van der Waals surface area contributed by atoms with Crippen molar-refractivity contribution in [2.24, 2.45) is 0 Å². The van der Waals surface area contributed by atoms with Gasteiger partial charge in [0.1, 0.15) is 12.1 Å². The van der Waals surface area contributed by atoms with Crippen LogP contribution in [0.3, 0.4) is 0 Å². The first-order chi connectivity index (χ1) is 8.79. The van der Waals surface area contributed by atoms with Crippen LogP contribution in [0.2, 0.25) is 0 Å². The van der Waals surface area contributed by atoms with Crippen LogP contribution in [-0.2, 0) is 13.0 Å². The standard InChI is InChI=1S/C14H16BrN3/c1-2-5-12-8-14(18-10-17-12)16-9-11-6-3-4-7-13(11)15/h3-4,6-8,10H,2,5,9H2,1H3,(H,16,17,18). The highest BCUT2D eigenvalue weighted by atomic mass is 79.9. The van der Waals surface area contributed by atoms with Crippen LogP contribution in [0.15, 0.2) is 41.1 Å². The average molecular weight is 306 g/mol. The number of aromatic nitrogens is 2. The van der Waals surface area contributed by atoms with Crippen molar-refractivity contribution >= 4 is 21.7 Å². The normalized spacial score (nSPS) is 10.3. The van der Waals surface area contributed by atoms with E-state index in [4.69, 9.17) is 0 Å². The van der Waals surface area contributed by atoms with E-state index in [-0.39, 0.29) is 0 Å². The van der Waals surface area contributed by atoms with Crippen LogP contribution < -0.4 is 5.32 Å². The Labute approximate surface area is 116 Å². The maximum Gasteiger partial charge on any atom is 0.129 e. The number of hydrogen-bond donors (Lipinski definition) is 1. The lowest BCUT2D eigenvalue weighted by molar-refractivity contribution is 0.871. The van der Waals surface area contributed by atoms with Gasteiger partial charge in [0.2, 0.25) is 0 Å². The minimum atomic E-state index is 0.754. The van der Waals surface area contributed by atoms with Gasteiger partial charge in [-0.3, -0.25) is 0 Å². The van der Waals surface area contributed by atoms with Gasteiger partial charge in [-0.1, -0.05) is 47.5 Å². The largest absolute Gasteiger partial charge is 0.366 e. The Kier molecular flexibility index (Phi) is 4.70. The van der Waals surface area contributed by atoms with E-state index in [0.717, 1.165) is 35.4 Å². The summed E-state index contributed by atoms with van der Waals surface area (Å²) in [5, 5.41) is 3.32. The third kappa shape index (κ3) is 3.53. The second-order valence-electron chi connectivity index (χ2n) is 4.09. The van der Waals surface area contributed by atoms with E-state index in [2.05, 4.69) is 44.2 Å². The van der Waals surface area contributed by atoms with Gasteiger partial charge in [0.15, 0.2) is 0 Å². The molecule has 0 atom stereocenters. The highest BCUT2D eigenvalue weighted by Crippen LogP contribution is 2.17. The molecule has 0 aliphatic rings. The Morgan fingerprint density at radius 3 is 2.83 bits per heavy atom. The van der Waals surface area contributed by atoms with Gasteiger partial charge in [-0.15, -0.1) is 0 Å². The summed E-state index contributed by atoms with van der Waals surface area (Å²) in [5.41, 5.74) is 2.30. The van der Waals surface area contributed by atoms with E-state index >= 15 is 0 Å². The fraction of sp³-hybridized carbons (Fsp3) is 0.286. The summed E-state index contributed by atoms with van der Waals surface area (Å²) in [6.07, 6.45) is 3.71. The number of halogens is 1. The van der Waals surface area contributed by atoms with Crippen molar-refractivity contribution in [1.29, 1.82) is 0 Å². The molecule has 0 amide bonds. The quantitative estimate of drug-likeness (QED) is 0.913. The Bertz CT molecular complexity index is 514. The number of nitrogens with one attached hydrogen (secondary N) is 1. The Morgan fingerprint density at radius 2 is 2.06 bits per heavy atom. The summed E-state index contributed by atoms with van der Waals surface area (Å²) in [4.78, 5) is 8.47. The molecule has 0 aliphatic carbocycles. The molecule has 2 aromatic rings. The number of rotatable bonds is 5. The zero-order chi connectivity index (χ0) is 12.8. The molecule has 1 heterocycles. The van der Waals surface area contributed by atoms with Gasteiger partial charge in [0.25, 0.3) is 0 Å². The third-order valence-corrected chi connectivity index (χ3v) is 3.42. The van der Waals surface area contributed by atoms with Gasteiger partial charge in [0, 0.05) is 22.8 Å². The van der Waals surface area contributed by atoms with Gasteiger partial charge >= 0.3 is 0 Å². The molecule has 0 radical (unpaired) electrons. The van der Waals surface area contributed by atoms with Gasteiger partial charge in [-0.05, 0) is 18.1 Å². The van der Waals surface area contributed by atoms with E-state index in [1.165, 1.54) is 5.56 Å². The predicted octanol–water partition coefficient (Wildman–Crippen LogP) is 3.80. The van der Waals surface area contributed by atoms with E-state index in [1.807, 2.05) is 24.3 Å². The first-order valence-electron chi connectivity index (χ1n) is 6.08. The number of hydrogen-bond acceptors (Lipinski definition) is 3. The highest BCUT2D eigenvalue weighted by Gasteiger charge is 2.00. The summed E-state index contributed by atoms with van der Waals surface area (Å²) < 4.78 is 1.11. The molecular formula is C14H16BrN3. The van der Waals surface area contributed by atoms with E-state index in [0.29, 0.717) is 0 Å². The first kappa shape index (κ1) is 13.0. The van der Waals surface area contributed by atoms with Crippen LogP contribution in [-0.4, -0.2) is 9.97 Å². The van der Waals surface area contributed by atoms with Crippen LogP contribution >= 0.6 is 15.9 Å². The Morgan fingerprint density at radius 1 is 1.22 bits per heavy atom. The SMILES string of the molecule is CCCc1cc(NCc2ccccc2Br)ncn1. The van der Waals surface area contributed by atoms with Gasteiger partial charge < -0.3 is 5.32 Å². The van der Waals surface area contributed by atoms with E-state index < -0.39 is 0 Å². The maximum absolute atomic E-state index is 4.24.